The molecule has 0 bridgehead atoms. The molecular formula is C14H9ClFIN5O+. The van der Waals surface area contributed by atoms with Crippen molar-refractivity contribution in [1.29, 1.82) is 0 Å². The molecule has 23 heavy (non-hydrogen) atoms. The minimum Gasteiger partial charge on any atom is -0.297 e. The Hall–Kier alpha value is -1.81. The van der Waals surface area contributed by atoms with Gasteiger partial charge in [0.15, 0.2) is 11.2 Å². The standard InChI is InChI=1S/C14H9ClFIN5O/c1-20-5-18-11-10(15)12-14(19-13(11)20)22(23)6-21(12)7-2-3-9(17)8(16)4-7/h2-5H,6H2,1H3/q+1. The monoisotopic (exact) mass is 444 g/mol. The lowest BCUT2D eigenvalue weighted by atomic mass is 10.2. The first-order valence-corrected chi connectivity index (χ1v) is 8.11. The first kappa shape index (κ1) is 14.8. The lowest BCUT2D eigenvalue weighted by molar-refractivity contribution is -0.454. The van der Waals surface area contributed by atoms with E-state index in [1.165, 1.54) is 6.07 Å². The summed E-state index contributed by atoms with van der Waals surface area (Å²) in [6.07, 6.45) is 1.59. The van der Waals surface area contributed by atoms with Gasteiger partial charge < -0.3 is 0 Å². The molecule has 0 radical (unpaired) electrons. The first-order valence-electron chi connectivity index (χ1n) is 6.65. The number of imidazole rings is 1. The normalized spacial score (nSPS) is 13.9. The number of nitroso groups, excluding NO2 is 1. The Morgan fingerprint density at radius 1 is 1.43 bits per heavy atom. The molecule has 1 aromatic carbocycles. The van der Waals surface area contributed by atoms with Crippen molar-refractivity contribution in [2.24, 2.45) is 7.05 Å². The van der Waals surface area contributed by atoms with Crippen molar-refractivity contribution in [3.63, 3.8) is 0 Å². The van der Waals surface area contributed by atoms with Crippen LogP contribution in [0.15, 0.2) is 24.5 Å². The van der Waals surface area contributed by atoms with Crippen LogP contribution >= 0.6 is 34.2 Å². The Morgan fingerprint density at radius 3 is 2.96 bits per heavy atom. The Bertz CT molecular complexity index is 989. The van der Waals surface area contributed by atoms with Gasteiger partial charge in [-0.1, -0.05) is 16.5 Å². The van der Waals surface area contributed by atoms with Crippen LogP contribution in [0.1, 0.15) is 0 Å². The average Bonchev–Trinajstić information content (AvgIpc) is 3.05. The molecule has 0 saturated carbocycles. The molecule has 3 aromatic rings. The summed E-state index contributed by atoms with van der Waals surface area (Å²) >= 11 is 8.38. The molecule has 3 heterocycles. The van der Waals surface area contributed by atoms with Crippen LogP contribution < -0.4 is 4.90 Å². The van der Waals surface area contributed by atoms with E-state index in [1.54, 1.807) is 35.0 Å². The lowest BCUT2D eigenvalue weighted by Gasteiger charge is -2.15. The summed E-state index contributed by atoms with van der Waals surface area (Å²) in [7, 11) is 1.78. The van der Waals surface area contributed by atoms with Gasteiger partial charge in [-0.25, -0.2) is 9.37 Å². The van der Waals surface area contributed by atoms with E-state index >= 15 is 0 Å². The molecule has 1 aliphatic rings. The van der Waals surface area contributed by atoms with Gasteiger partial charge in [-0.05, 0) is 45.8 Å². The summed E-state index contributed by atoms with van der Waals surface area (Å²) in [5.41, 5.74) is 2.04. The number of benzene rings is 1. The third kappa shape index (κ3) is 2.12. The largest absolute Gasteiger partial charge is 0.390 e. The van der Waals surface area contributed by atoms with Crippen molar-refractivity contribution < 1.29 is 9.15 Å². The second-order valence-corrected chi connectivity index (χ2v) is 6.71. The molecule has 0 spiro atoms. The van der Waals surface area contributed by atoms with Gasteiger partial charge in [0, 0.05) is 21.1 Å². The number of hydrogen-bond acceptors (Lipinski definition) is 4. The van der Waals surface area contributed by atoms with Crippen LogP contribution in [-0.4, -0.2) is 26.0 Å². The van der Waals surface area contributed by atoms with Crippen molar-refractivity contribution in [3.8, 4) is 0 Å². The third-order valence-corrected chi connectivity index (χ3v) is 4.97. The summed E-state index contributed by atoms with van der Waals surface area (Å²) in [5.74, 6) is -0.137. The zero-order chi connectivity index (χ0) is 16.3. The average molecular weight is 445 g/mol. The molecule has 2 aromatic heterocycles. The van der Waals surface area contributed by atoms with Gasteiger partial charge in [0.05, 0.1) is 6.33 Å². The van der Waals surface area contributed by atoms with Crippen LogP contribution in [-0.2, 0) is 7.05 Å². The van der Waals surface area contributed by atoms with E-state index in [0.29, 0.717) is 31.1 Å². The maximum absolute atomic E-state index is 13.9. The fourth-order valence-electron chi connectivity index (χ4n) is 2.62. The number of fused-ring (bicyclic) bond motifs is 2. The Balaban J connectivity index is 1.96. The summed E-state index contributed by atoms with van der Waals surface area (Å²) < 4.78 is 16.8. The number of aromatic nitrogens is 3. The molecule has 0 aliphatic carbocycles. The van der Waals surface area contributed by atoms with E-state index in [1.807, 2.05) is 22.6 Å². The van der Waals surface area contributed by atoms with Gasteiger partial charge in [-0.15, -0.1) is 0 Å². The van der Waals surface area contributed by atoms with Gasteiger partial charge in [0.2, 0.25) is 6.67 Å². The number of hydrogen-bond donors (Lipinski definition) is 0. The Kier molecular flexibility index (Phi) is 3.27. The van der Waals surface area contributed by atoms with Crippen LogP contribution in [0.3, 0.4) is 0 Å². The minimum absolute atomic E-state index is 0.00158. The highest BCUT2D eigenvalue weighted by Crippen LogP contribution is 2.45. The maximum Gasteiger partial charge on any atom is 0.390 e. The zero-order valence-electron chi connectivity index (χ0n) is 11.8. The highest BCUT2D eigenvalue weighted by molar-refractivity contribution is 14.1. The minimum atomic E-state index is -0.350. The summed E-state index contributed by atoms with van der Waals surface area (Å²) in [5, 5.41) is 0.336. The van der Waals surface area contributed by atoms with Crippen LogP contribution in [0.5, 0.6) is 0 Å². The maximum atomic E-state index is 13.9. The molecule has 6 nitrogen and oxygen atoms in total. The molecule has 4 rings (SSSR count). The van der Waals surface area contributed by atoms with E-state index in [0.717, 1.165) is 4.76 Å². The topological polar surface area (TPSA) is 54.0 Å². The van der Waals surface area contributed by atoms with Crippen molar-refractivity contribution in [2.75, 3.05) is 11.6 Å². The lowest BCUT2D eigenvalue weighted by Crippen LogP contribution is -2.17. The summed E-state index contributed by atoms with van der Waals surface area (Å²) in [4.78, 5) is 22.5. The van der Waals surface area contributed by atoms with Crippen molar-refractivity contribution in [3.05, 3.63) is 43.8 Å². The molecule has 9 heteroatoms. The highest BCUT2D eigenvalue weighted by Gasteiger charge is 2.40. The van der Waals surface area contributed by atoms with E-state index < -0.39 is 0 Å². The second kappa shape index (κ2) is 5.10. The summed E-state index contributed by atoms with van der Waals surface area (Å²) in [6, 6.07) is 4.77. The van der Waals surface area contributed by atoms with Crippen molar-refractivity contribution in [1.82, 2.24) is 14.5 Å². The number of rotatable bonds is 1. The molecule has 0 unspecified atom stereocenters. The molecule has 116 valence electrons. The molecule has 1 aliphatic heterocycles. The molecule has 0 fully saturated rings. The van der Waals surface area contributed by atoms with Gasteiger partial charge >= 0.3 is 5.82 Å². The van der Waals surface area contributed by atoms with Crippen LogP contribution in [0.2, 0.25) is 5.02 Å². The van der Waals surface area contributed by atoms with Gasteiger partial charge in [0.1, 0.15) is 10.8 Å². The first-order chi connectivity index (χ1) is 11.0. The van der Waals surface area contributed by atoms with E-state index in [4.69, 9.17) is 11.6 Å². The van der Waals surface area contributed by atoms with Crippen LogP contribution in [0.4, 0.5) is 21.6 Å². The third-order valence-electron chi connectivity index (χ3n) is 3.74. The van der Waals surface area contributed by atoms with Crippen LogP contribution in [0, 0.1) is 14.3 Å². The number of anilines is 2. The summed E-state index contributed by atoms with van der Waals surface area (Å²) in [6.45, 7) is -0.00158. The molecule has 0 atom stereocenters. The van der Waals surface area contributed by atoms with Crippen LogP contribution in [0.25, 0.3) is 11.2 Å². The SMILES string of the molecule is Cn1cnc2c(Cl)c3c(nc21)[N+](=O)CN3c1ccc(I)c(F)c1. The molecular weight excluding hydrogens is 436 g/mol. The van der Waals surface area contributed by atoms with Gasteiger partial charge in [-0.2, -0.15) is 0 Å². The Morgan fingerprint density at radius 2 is 2.22 bits per heavy atom. The predicted molar refractivity (Wildman–Crippen MR) is 92.9 cm³/mol. The molecule has 0 N–H and O–H groups in total. The van der Waals surface area contributed by atoms with Gasteiger partial charge in [0.25, 0.3) is 5.65 Å². The van der Waals surface area contributed by atoms with E-state index in [-0.39, 0.29) is 18.3 Å². The fourth-order valence-corrected chi connectivity index (χ4v) is 3.27. The van der Waals surface area contributed by atoms with E-state index in [2.05, 4.69) is 9.97 Å². The highest BCUT2D eigenvalue weighted by atomic mass is 127. The zero-order valence-corrected chi connectivity index (χ0v) is 14.7. The van der Waals surface area contributed by atoms with E-state index in [9.17, 15) is 9.30 Å². The predicted octanol–water partition coefficient (Wildman–Crippen LogP) is 3.89. The van der Waals surface area contributed by atoms with Gasteiger partial charge in [-0.3, -0.25) is 9.47 Å². The van der Waals surface area contributed by atoms with Crippen molar-refractivity contribution >= 4 is 62.5 Å². The molecule has 0 amide bonds. The quantitative estimate of drug-likeness (QED) is 0.422. The number of aryl methyl sites for hydroxylation is 1. The fraction of sp³-hybridized carbons (Fsp3) is 0.143. The smallest absolute Gasteiger partial charge is 0.297 e. The number of pyridine rings is 1. The number of nitrogens with zero attached hydrogens (tertiary/aromatic N) is 5. The Labute approximate surface area is 148 Å². The van der Waals surface area contributed by atoms with Crippen molar-refractivity contribution in [2.45, 2.75) is 0 Å². The number of halogens is 3. The second-order valence-electron chi connectivity index (χ2n) is 5.17. The molecule has 0 saturated heterocycles.